The van der Waals surface area contributed by atoms with Crippen molar-refractivity contribution >= 4 is 5.78 Å². The Morgan fingerprint density at radius 3 is 2.81 bits per heavy atom. The van der Waals surface area contributed by atoms with Gasteiger partial charge >= 0.3 is 0 Å². The lowest BCUT2D eigenvalue weighted by atomic mass is 9.64. The van der Waals surface area contributed by atoms with Gasteiger partial charge in [-0.2, -0.15) is 0 Å². The van der Waals surface area contributed by atoms with E-state index in [2.05, 4.69) is 39.8 Å². The molecule has 3 aliphatic rings. The topological polar surface area (TPSA) is 26.3 Å². The van der Waals surface area contributed by atoms with Crippen LogP contribution in [0.25, 0.3) is 0 Å². The molecule has 0 amide bonds. The van der Waals surface area contributed by atoms with Crippen molar-refractivity contribution in [2.24, 2.45) is 11.3 Å². The highest BCUT2D eigenvalue weighted by Crippen LogP contribution is 2.51. The van der Waals surface area contributed by atoms with Gasteiger partial charge in [-0.15, -0.1) is 0 Å². The monoisotopic (exact) mass is 286 g/mol. The second-order valence-electron chi connectivity index (χ2n) is 7.53. The van der Waals surface area contributed by atoms with Crippen LogP contribution in [0.1, 0.15) is 59.8 Å². The van der Waals surface area contributed by atoms with Crippen LogP contribution in [-0.4, -0.2) is 11.4 Å². The van der Waals surface area contributed by atoms with E-state index >= 15 is 0 Å². The van der Waals surface area contributed by atoms with Crippen LogP contribution in [0.5, 0.6) is 0 Å². The molecule has 0 aromatic carbocycles. The summed E-state index contributed by atoms with van der Waals surface area (Å²) in [6.45, 7) is 8.86. The van der Waals surface area contributed by atoms with Crippen LogP contribution >= 0.6 is 0 Å². The van der Waals surface area contributed by atoms with Crippen LogP contribution < -0.4 is 0 Å². The molecule has 114 valence electrons. The minimum atomic E-state index is -0.272. The maximum absolute atomic E-state index is 12.4. The van der Waals surface area contributed by atoms with Gasteiger partial charge in [0.05, 0.1) is 5.57 Å². The maximum Gasteiger partial charge on any atom is 0.166 e. The normalized spacial score (nSPS) is 42.2. The minimum absolute atomic E-state index is 0.0261. The summed E-state index contributed by atoms with van der Waals surface area (Å²) < 4.78 is 6.44. The molecule has 0 fully saturated rings. The summed E-state index contributed by atoms with van der Waals surface area (Å²) in [5.74, 6) is 1.55. The molecule has 21 heavy (non-hydrogen) atoms. The highest BCUT2D eigenvalue weighted by molar-refractivity contribution is 6.00. The highest BCUT2D eigenvalue weighted by Gasteiger charge is 2.47. The van der Waals surface area contributed by atoms with Gasteiger partial charge in [0.2, 0.25) is 0 Å². The predicted octanol–water partition coefficient (Wildman–Crippen LogP) is 4.72. The van der Waals surface area contributed by atoms with Crippen molar-refractivity contribution in [3.05, 3.63) is 35.1 Å². The van der Waals surface area contributed by atoms with Crippen LogP contribution in [0.15, 0.2) is 35.1 Å². The zero-order valence-corrected chi connectivity index (χ0v) is 13.7. The van der Waals surface area contributed by atoms with Gasteiger partial charge < -0.3 is 4.74 Å². The Labute approximate surface area is 127 Å². The van der Waals surface area contributed by atoms with Crippen molar-refractivity contribution in [2.45, 2.75) is 65.4 Å². The summed E-state index contributed by atoms with van der Waals surface area (Å²) in [4.78, 5) is 12.4. The fourth-order valence-electron chi connectivity index (χ4n) is 3.80. The van der Waals surface area contributed by atoms with Crippen LogP contribution in [0.3, 0.4) is 0 Å². The zero-order chi connectivity index (χ0) is 15.3. The first-order valence-electron chi connectivity index (χ1n) is 8.16. The zero-order valence-electron chi connectivity index (χ0n) is 13.7. The quantitative estimate of drug-likeness (QED) is 0.602. The fraction of sp³-hybridized carbons (Fsp3) is 0.632. The van der Waals surface area contributed by atoms with Crippen molar-refractivity contribution in [2.75, 3.05) is 0 Å². The first-order chi connectivity index (χ1) is 9.84. The van der Waals surface area contributed by atoms with Crippen LogP contribution in [0.4, 0.5) is 0 Å². The Balaban J connectivity index is 2.11. The average molecular weight is 286 g/mol. The number of carbonyl (C=O) groups excluding carboxylic acids is 1. The van der Waals surface area contributed by atoms with Crippen molar-refractivity contribution in [3.8, 4) is 0 Å². The van der Waals surface area contributed by atoms with E-state index in [1.807, 2.05) is 6.08 Å². The van der Waals surface area contributed by atoms with E-state index in [0.29, 0.717) is 12.3 Å². The van der Waals surface area contributed by atoms with E-state index in [1.54, 1.807) is 0 Å². The first-order valence-corrected chi connectivity index (χ1v) is 8.16. The van der Waals surface area contributed by atoms with E-state index in [4.69, 9.17) is 4.74 Å². The molecule has 0 radical (unpaired) electrons. The molecule has 0 aromatic rings. The molecule has 0 spiro atoms. The summed E-state index contributed by atoms with van der Waals surface area (Å²) in [5, 5.41) is 0. The van der Waals surface area contributed by atoms with Gasteiger partial charge in [-0.25, -0.2) is 0 Å². The Bertz CT molecular complexity index is 566. The lowest BCUT2D eigenvalue weighted by Crippen LogP contribution is -2.42. The first kappa shape index (κ1) is 14.6. The number of ether oxygens (including phenoxy) is 1. The number of Topliss-reactive ketones (excluding diaryl/α,β-unsaturated/α-hetero) is 1. The fourth-order valence-corrected chi connectivity index (χ4v) is 3.80. The second kappa shape index (κ2) is 4.86. The third-order valence-electron chi connectivity index (χ3n) is 5.75. The van der Waals surface area contributed by atoms with Crippen molar-refractivity contribution in [1.29, 1.82) is 0 Å². The van der Waals surface area contributed by atoms with Crippen LogP contribution in [0, 0.1) is 11.3 Å². The number of hydrogen-bond donors (Lipinski definition) is 0. The Morgan fingerprint density at radius 2 is 2.05 bits per heavy atom. The molecule has 3 atom stereocenters. The Hall–Kier alpha value is -1.31. The van der Waals surface area contributed by atoms with Gasteiger partial charge in [0, 0.05) is 11.8 Å². The number of rotatable bonds is 0. The Morgan fingerprint density at radius 1 is 1.29 bits per heavy atom. The van der Waals surface area contributed by atoms with Gasteiger partial charge in [0.15, 0.2) is 5.78 Å². The minimum Gasteiger partial charge on any atom is -0.486 e. The number of allylic oxidation sites excluding steroid dienone is 5. The molecule has 2 nitrogen and oxygen atoms in total. The lowest BCUT2D eigenvalue weighted by molar-refractivity contribution is -0.120. The van der Waals surface area contributed by atoms with E-state index < -0.39 is 0 Å². The SMILES string of the molecule is C/C1=C\CCC2(C)C=CC3=C(O2)[C@](C)(CC1)[C@@H](C)CC3=O. The van der Waals surface area contributed by atoms with Gasteiger partial charge in [-0.1, -0.05) is 25.5 Å². The number of fused-ring (bicyclic) bond motifs is 1. The average Bonchev–Trinajstić information content (AvgIpc) is 2.42. The third kappa shape index (κ3) is 2.39. The van der Waals surface area contributed by atoms with Gasteiger partial charge in [-0.05, 0) is 57.6 Å². The largest absolute Gasteiger partial charge is 0.486 e. The molecule has 1 unspecified atom stereocenters. The van der Waals surface area contributed by atoms with E-state index in [-0.39, 0.29) is 16.8 Å². The third-order valence-corrected chi connectivity index (χ3v) is 5.75. The number of ketones is 1. The van der Waals surface area contributed by atoms with Crippen molar-refractivity contribution < 1.29 is 9.53 Å². The molecule has 0 saturated carbocycles. The molecule has 3 rings (SSSR count). The maximum atomic E-state index is 12.4. The number of hydrogen-bond acceptors (Lipinski definition) is 2. The highest BCUT2D eigenvalue weighted by atomic mass is 16.5. The summed E-state index contributed by atoms with van der Waals surface area (Å²) in [7, 11) is 0. The molecule has 0 N–H and O–H groups in total. The smallest absolute Gasteiger partial charge is 0.166 e. The number of carbonyl (C=O) groups is 1. The molecule has 2 heteroatoms. The second-order valence-corrected chi connectivity index (χ2v) is 7.53. The van der Waals surface area contributed by atoms with Crippen molar-refractivity contribution in [3.63, 3.8) is 0 Å². The molecule has 1 aliphatic carbocycles. The molecule has 2 bridgehead atoms. The lowest BCUT2D eigenvalue weighted by Gasteiger charge is -2.47. The van der Waals surface area contributed by atoms with Crippen LogP contribution in [0.2, 0.25) is 0 Å². The van der Waals surface area contributed by atoms with Gasteiger partial charge in [0.1, 0.15) is 11.4 Å². The van der Waals surface area contributed by atoms with E-state index in [9.17, 15) is 4.79 Å². The summed E-state index contributed by atoms with van der Waals surface area (Å²) in [6.07, 6.45) is 11.3. The van der Waals surface area contributed by atoms with Gasteiger partial charge in [-0.3, -0.25) is 4.79 Å². The summed E-state index contributed by atoms with van der Waals surface area (Å²) in [5.41, 5.74) is 2.00. The molecule has 2 heterocycles. The van der Waals surface area contributed by atoms with Crippen molar-refractivity contribution in [1.82, 2.24) is 0 Å². The van der Waals surface area contributed by atoms with Gasteiger partial charge in [0.25, 0.3) is 0 Å². The molecular weight excluding hydrogens is 260 g/mol. The summed E-state index contributed by atoms with van der Waals surface area (Å²) in [6, 6.07) is 0. The predicted molar refractivity (Wildman–Crippen MR) is 84.8 cm³/mol. The summed E-state index contributed by atoms with van der Waals surface area (Å²) >= 11 is 0. The molecular formula is C19H26O2. The molecule has 2 aliphatic heterocycles. The van der Waals surface area contributed by atoms with E-state index in [0.717, 1.165) is 37.0 Å². The Kier molecular flexibility index (Phi) is 3.38. The van der Waals surface area contributed by atoms with E-state index in [1.165, 1.54) is 5.57 Å². The van der Waals surface area contributed by atoms with Crippen LogP contribution in [-0.2, 0) is 9.53 Å². The molecule has 0 saturated heterocycles. The molecule has 0 aromatic heterocycles. The standard InChI is InChI=1S/C19H26O2/c1-13-6-5-9-18(3)10-8-15-16(20)12-14(2)19(4,11-7-13)17(15)21-18/h6,8,10,14H,5,7,9,11-12H2,1-4H3/b13-6+/t14-,18?,19+/m0/s1.